The van der Waals surface area contributed by atoms with Crippen LogP contribution in [0.2, 0.25) is 0 Å². The van der Waals surface area contributed by atoms with Crippen molar-refractivity contribution >= 4 is 29.3 Å². The van der Waals surface area contributed by atoms with E-state index in [9.17, 15) is 9.59 Å². The number of hydrogen-bond donors (Lipinski definition) is 1. The molecule has 0 heterocycles. The molecule has 0 unspecified atom stereocenters. The predicted octanol–water partition coefficient (Wildman–Crippen LogP) is 2.33. The maximum absolute atomic E-state index is 12.3. The number of carbonyl (C=O) groups excluding carboxylic acids is 2. The van der Waals surface area contributed by atoms with Crippen molar-refractivity contribution in [1.29, 1.82) is 0 Å². The lowest BCUT2D eigenvalue weighted by atomic mass is 10.1. The number of hydrogen-bond acceptors (Lipinski definition) is 4. The smallest absolute Gasteiger partial charge is 0.243 e. The molecule has 134 valence electrons. The zero-order valence-corrected chi connectivity index (χ0v) is 16.2. The van der Waals surface area contributed by atoms with Crippen molar-refractivity contribution in [3.63, 3.8) is 0 Å². The second-order valence-electron chi connectivity index (χ2n) is 6.07. The summed E-state index contributed by atoms with van der Waals surface area (Å²) in [5.74, 6) is 0.707. The van der Waals surface area contributed by atoms with Crippen LogP contribution in [0.25, 0.3) is 0 Å². The Bertz CT molecular complexity index is 549. The Morgan fingerprint density at radius 1 is 1.21 bits per heavy atom. The van der Waals surface area contributed by atoms with Crippen molar-refractivity contribution in [2.75, 3.05) is 45.3 Å². The van der Waals surface area contributed by atoms with Gasteiger partial charge >= 0.3 is 0 Å². The van der Waals surface area contributed by atoms with Crippen molar-refractivity contribution in [3.8, 4) is 0 Å². The number of aryl methyl sites for hydroxylation is 1. The van der Waals surface area contributed by atoms with Crippen molar-refractivity contribution in [1.82, 2.24) is 9.80 Å². The van der Waals surface area contributed by atoms with E-state index in [-0.39, 0.29) is 23.6 Å². The third-order valence-electron chi connectivity index (χ3n) is 3.68. The first-order valence-electron chi connectivity index (χ1n) is 8.24. The van der Waals surface area contributed by atoms with Gasteiger partial charge in [0.1, 0.15) is 0 Å². The van der Waals surface area contributed by atoms with Gasteiger partial charge in [-0.2, -0.15) is 0 Å². The van der Waals surface area contributed by atoms with Gasteiger partial charge in [0.05, 0.1) is 11.8 Å². The molecular weight excluding hydrogens is 322 g/mol. The number of likely N-dealkylation sites (N-methyl/N-ethyl adjacent to an activating group) is 1. The Morgan fingerprint density at radius 3 is 2.50 bits per heavy atom. The van der Waals surface area contributed by atoms with Gasteiger partial charge in [-0.15, -0.1) is 11.8 Å². The van der Waals surface area contributed by atoms with Gasteiger partial charge in [-0.25, -0.2) is 0 Å². The van der Waals surface area contributed by atoms with Gasteiger partial charge in [-0.1, -0.05) is 25.1 Å². The van der Waals surface area contributed by atoms with E-state index in [0.717, 1.165) is 30.0 Å². The minimum Gasteiger partial charge on any atom is -0.335 e. The van der Waals surface area contributed by atoms with Crippen molar-refractivity contribution in [2.24, 2.45) is 0 Å². The number of carbonyl (C=O) groups is 2. The summed E-state index contributed by atoms with van der Waals surface area (Å²) in [7, 11) is 5.70. The summed E-state index contributed by atoms with van der Waals surface area (Å²) in [5.41, 5.74) is 1.91. The molecule has 0 aliphatic heterocycles. The average Bonchev–Trinajstić information content (AvgIpc) is 2.53. The van der Waals surface area contributed by atoms with Gasteiger partial charge in [0, 0.05) is 25.0 Å². The summed E-state index contributed by atoms with van der Waals surface area (Å²) in [4.78, 5) is 28.1. The molecule has 6 heteroatoms. The van der Waals surface area contributed by atoms with Gasteiger partial charge in [-0.3, -0.25) is 9.59 Å². The molecule has 1 aromatic carbocycles. The molecule has 1 rings (SSSR count). The summed E-state index contributed by atoms with van der Waals surface area (Å²) >= 11 is 1.61. The van der Waals surface area contributed by atoms with Crippen LogP contribution < -0.4 is 5.32 Å². The molecule has 0 aliphatic carbocycles. The second-order valence-corrected chi connectivity index (χ2v) is 7.52. The number of benzene rings is 1. The second kappa shape index (κ2) is 10.4. The molecular formula is C18H29N3O2S. The van der Waals surface area contributed by atoms with Gasteiger partial charge in [-0.05, 0) is 39.1 Å². The fraction of sp³-hybridized carbons (Fsp3) is 0.556. The van der Waals surface area contributed by atoms with Crippen molar-refractivity contribution in [3.05, 3.63) is 29.8 Å². The Morgan fingerprint density at radius 2 is 1.88 bits per heavy atom. The monoisotopic (exact) mass is 351 g/mol. The maximum atomic E-state index is 12.3. The van der Waals surface area contributed by atoms with Crippen LogP contribution in [0.5, 0.6) is 0 Å². The van der Waals surface area contributed by atoms with E-state index >= 15 is 0 Å². The van der Waals surface area contributed by atoms with Crippen LogP contribution in [-0.2, 0) is 16.0 Å². The summed E-state index contributed by atoms with van der Waals surface area (Å²) < 4.78 is 0. The van der Waals surface area contributed by atoms with E-state index in [4.69, 9.17) is 0 Å². The highest BCUT2D eigenvalue weighted by Gasteiger charge is 2.20. The molecule has 2 amide bonds. The molecule has 0 aromatic heterocycles. The molecule has 5 nitrogen and oxygen atoms in total. The van der Waals surface area contributed by atoms with Crippen molar-refractivity contribution in [2.45, 2.75) is 25.5 Å². The Hall–Kier alpha value is -1.53. The lowest BCUT2D eigenvalue weighted by Gasteiger charge is -2.21. The Labute approximate surface area is 149 Å². The Kier molecular flexibility index (Phi) is 8.85. The predicted molar refractivity (Wildman–Crippen MR) is 103 cm³/mol. The topological polar surface area (TPSA) is 52.7 Å². The first-order chi connectivity index (χ1) is 11.3. The number of anilines is 1. The molecule has 1 atom stereocenters. The van der Waals surface area contributed by atoms with E-state index in [0.29, 0.717) is 0 Å². The minimum atomic E-state index is -0.169. The zero-order valence-electron chi connectivity index (χ0n) is 15.3. The van der Waals surface area contributed by atoms with Crippen LogP contribution in [0.15, 0.2) is 24.3 Å². The highest BCUT2D eigenvalue weighted by Crippen LogP contribution is 2.16. The van der Waals surface area contributed by atoms with E-state index in [1.54, 1.807) is 18.8 Å². The molecule has 1 aromatic rings. The van der Waals surface area contributed by atoms with E-state index in [1.807, 2.05) is 52.2 Å². The summed E-state index contributed by atoms with van der Waals surface area (Å²) in [6.07, 6.45) is 0.852. The molecule has 0 saturated carbocycles. The van der Waals surface area contributed by atoms with E-state index in [2.05, 4.69) is 10.2 Å². The molecule has 0 fully saturated rings. The standard InChI is InChI=1S/C18H29N3O2S/c1-6-15-9-7-8-10-16(15)19-17(22)13-21(5)18(23)14(2)24-12-11-20(3)4/h7-10,14H,6,11-13H2,1-5H3,(H,19,22)/t14-/m0/s1. The lowest BCUT2D eigenvalue weighted by molar-refractivity contribution is -0.132. The number of nitrogens with zero attached hydrogens (tertiary/aromatic N) is 2. The number of nitrogens with one attached hydrogen (secondary N) is 1. The highest BCUT2D eigenvalue weighted by atomic mass is 32.2. The van der Waals surface area contributed by atoms with Gasteiger partial charge in [0.15, 0.2) is 0 Å². The zero-order chi connectivity index (χ0) is 18.1. The normalized spacial score (nSPS) is 12.1. The summed E-state index contributed by atoms with van der Waals surface area (Å²) in [6.45, 7) is 4.94. The van der Waals surface area contributed by atoms with Gasteiger partial charge in [0.2, 0.25) is 11.8 Å². The number of thioether (sulfide) groups is 1. The fourth-order valence-corrected chi connectivity index (χ4v) is 3.37. The van der Waals surface area contributed by atoms with Crippen LogP contribution in [0, 0.1) is 0 Å². The molecule has 0 bridgehead atoms. The van der Waals surface area contributed by atoms with Crippen molar-refractivity contribution < 1.29 is 9.59 Å². The summed E-state index contributed by atoms with van der Waals surface area (Å²) in [6, 6.07) is 7.73. The molecule has 0 radical (unpaired) electrons. The van der Waals surface area contributed by atoms with Crippen LogP contribution >= 0.6 is 11.8 Å². The third kappa shape index (κ3) is 6.93. The number of amides is 2. The van der Waals surface area contributed by atoms with Gasteiger partial charge in [0.25, 0.3) is 0 Å². The SMILES string of the molecule is CCc1ccccc1NC(=O)CN(C)C(=O)[C@H](C)SCCN(C)C. The molecule has 1 N–H and O–H groups in total. The van der Waals surface area contributed by atoms with Crippen LogP contribution in [-0.4, -0.2) is 66.8 Å². The van der Waals surface area contributed by atoms with Crippen LogP contribution in [0.4, 0.5) is 5.69 Å². The van der Waals surface area contributed by atoms with Crippen LogP contribution in [0.1, 0.15) is 19.4 Å². The third-order valence-corrected chi connectivity index (χ3v) is 4.80. The molecule has 0 spiro atoms. The average molecular weight is 352 g/mol. The Balaban J connectivity index is 2.49. The largest absolute Gasteiger partial charge is 0.335 e. The van der Waals surface area contributed by atoms with E-state index in [1.165, 1.54) is 4.90 Å². The molecule has 24 heavy (non-hydrogen) atoms. The fourth-order valence-electron chi connectivity index (χ4n) is 2.23. The minimum absolute atomic E-state index is 0.0160. The number of para-hydroxylation sites is 1. The summed E-state index contributed by atoms with van der Waals surface area (Å²) in [5, 5.41) is 2.75. The quantitative estimate of drug-likeness (QED) is 0.742. The first kappa shape index (κ1) is 20.5. The number of rotatable bonds is 9. The molecule has 0 saturated heterocycles. The highest BCUT2D eigenvalue weighted by molar-refractivity contribution is 8.00. The van der Waals surface area contributed by atoms with Crippen LogP contribution in [0.3, 0.4) is 0 Å². The van der Waals surface area contributed by atoms with E-state index < -0.39 is 0 Å². The lowest BCUT2D eigenvalue weighted by Crippen LogP contribution is -2.39. The maximum Gasteiger partial charge on any atom is 0.243 e. The molecule has 0 aliphatic rings. The first-order valence-corrected chi connectivity index (χ1v) is 9.29. The van der Waals surface area contributed by atoms with Gasteiger partial charge < -0.3 is 15.1 Å².